The molecular formula is C8H15NO3. The summed E-state index contributed by atoms with van der Waals surface area (Å²) in [5.74, 6) is -0.993. The fraction of sp³-hybridized carbons (Fsp3) is 0.500. The first kappa shape index (κ1) is 13.3. The quantitative estimate of drug-likeness (QED) is 0.665. The van der Waals surface area contributed by atoms with Crippen LogP contribution in [0.25, 0.3) is 0 Å². The SMILES string of the molecule is C=C(C)N.CC(=O)CCC(=O)O. The van der Waals surface area contributed by atoms with Crippen LogP contribution in [0.2, 0.25) is 0 Å². The summed E-state index contributed by atoms with van der Waals surface area (Å²) in [5, 5.41) is 8.01. The normalized spacial score (nSPS) is 7.83. The molecule has 0 aliphatic heterocycles. The monoisotopic (exact) mass is 173 g/mol. The topological polar surface area (TPSA) is 80.4 Å². The minimum absolute atomic E-state index is 0.0463. The van der Waals surface area contributed by atoms with Gasteiger partial charge in [-0.15, -0.1) is 0 Å². The Bertz CT molecular complexity index is 157. The molecule has 0 saturated heterocycles. The zero-order valence-electron chi connectivity index (χ0n) is 7.46. The van der Waals surface area contributed by atoms with Crippen LogP contribution in [0.15, 0.2) is 12.3 Å². The second-order valence-corrected chi connectivity index (χ2v) is 2.44. The molecule has 3 N–H and O–H groups in total. The third-order valence-corrected chi connectivity index (χ3v) is 0.691. The average Bonchev–Trinajstić information content (AvgIpc) is 1.82. The highest BCUT2D eigenvalue weighted by Gasteiger charge is 1.97. The summed E-state index contributed by atoms with van der Waals surface area (Å²) >= 11 is 0. The Kier molecular flexibility index (Phi) is 8.62. The number of ketones is 1. The van der Waals surface area contributed by atoms with Gasteiger partial charge in [-0.05, 0) is 19.5 Å². The molecule has 0 unspecified atom stereocenters. The minimum atomic E-state index is -0.916. The van der Waals surface area contributed by atoms with Gasteiger partial charge in [0.1, 0.15) is 5.78 Å². The number of carbonyl (C=O) groups is 2. The van der Waals surface area contributed by atoms with Crippen molar-refractivity contribution < 1.29 is 14.7 Å². The molecule has 0 aromatic heterocycles. The Morgan fingerprint density at radius 1 is 1.33 bits per heavy atom. The van der Waals surface area contributed by atoms with Crippen LogP contribution in [0.4, 0.5) is 0 Å². The van der Waals surface area contributed by atoms with Crippen molar-refractivity contribution in [3.63, 3.8) is 0 Å². The maximum absolute atomic E-state index is 10.1. The lowest BCUT2D eigenvalue weighted by Crippen LogP contribution is -1.98. The molecule has 0 spiro atoms. The van der Waals surface area contributed by atoms with Gasteiger partial charge in [-0.1, -0.05) is 6.58 Å². The van der Waals surface area contributed by atoms with Crippen molar-refractivity contribution in [3.05, 3.63) is 12.3 Å². The van der Waals surface area contributed by atoms with E-state index in [0.717, 1.165) is 0 Å². The van der Waals surface area contributed by atoms with Gasteiger partial charge in [-0.3, -0.25) is 4.79 Å². The van der Waals surface area contributed by atoms with Crippen molar-refractivity contribution in [1.29, 1.82) is 0 Å². The number of carboxylic acid groups (broad SMARTS) is 1. The van der Waals surface area contributed by atoms with Gasteiger partial charge in [-0.2, -0.15) is 0 Å². The third kappa shape index (κ3) is 37.8. The van der Waals surface area contributed by atoms with Crippen LogP contribution in [-0.4, -0.2) is 16.9 Å². The zero-order valence-corrected chi connectivity index (χ0v) is 7.46. The summed E-state index contributed by atoms with van der Waals surface area (Å²) in [6, 6.07) is 0. The second kappa shape index (κ2) is 7.78. The molecule has 0 aliphatic rings. The lowest BCUT2D eigenvalue weighted by Gasteiger charge is -1.86. The summed E-state index contributed by atoms with van der Waals surface area (Å²) < 4.78 is 0. The zero-order chi connectivity index (χ0) is 10.1. The van der Waals surface area contributed by atoms with Crippen molar-refractivity contribution in [3.8, 4) is 0 Å². The molecule has 4 nitrogen and oxygen atoms in total. The van der Waals surface area contributed by atoms with E-state index in [9.17, 15) is 9.59 Å². The van der Waals surface area contributed by atoms with Gasteiger partial charge in [0.15, 0.2) is 0 Å². The number of hydrogen-bond acceptors (Lipinski definition) is 3. The predicted molar refractivity (Wildman–Crippen MR) is 46.6 cm³/mol. The number of carboxylic acids is 1. The molecule has 0 fully saturated rings. The summed E-state index contributed by atoms with van der Waals surface area (Å²) in [4.78, 5) is 19.8. The van der Waals surface area contributed by atoms with Gasteiger partial charge in [0, 0.05) is 6.42 Å². The van der Waals surface area contributed by atoms with Crippen LogP contribution < -0.4 is 5.73 Å². The molecule has 0 amide bonds. The molecule has 70 valence electrons. The first-order chi connectivity index (χ1) is 5.36. The molecule has 0 radical (unpaired) electrons. The highest BCUT2D eigenvalue weighted by Crippen LogP contribution is 1.87. The van der Waals surface area contributed by atoms with E-state index >= 15 is 0 Å². The predicted octanol–water partition coefficient (Wildman–Crippen LogP) is 0.919. The van der Waals surface area contributed by atoms with E-state index in [2.05, 4.69) is 6.58 Å². The van der Waals surface area contributed by atoms with Crippen LogP contribution >= 0.6 is 0 Å². The van der Waals surface area contributed by atoms with Crippen molar-refractivity contribution in [2.75, 3.05) is 0 Å². The van der Waals surface area contributed by atoms with Crippen molar-refractivity contribution in [1.82, 2.24) is 0 Å². The second-order valence-electron chi connectivity index (χ2n) is 2.44. The molecule has 0 bridgehead atoms. The molecule has 0 heterocycles. The molecular weight excluding hydrogens is 158 g/mol. The molecule has 0 aliphatic carbocycles. The Morgan fingerprint density at radius 2 is 1.67 bits per heavy atom. The number of hydrogen-bond donors (Lipinski definition) is 2. The molecule has 0 atom stereocenters. The van der Waals surface area contributed by atoms with E-state index in [1.54, 1.807) is 6.92 Å². The summed E-state index contributed by atoms with van der Waals surface area (Å²) in [6.45, 7) is 6.46. The van der Waals surface area contributed by atoms with E-state index in [0.29, 0.717) is 5.70 Å². The lowest BCUT2D eigenvalue weighted by molar-refractivity contribution is -0.138. The molecule has 0 rings (SSSR count). The summed E-state index contributed by atoms with van der Waals surface area (Å²) in [6.07, 6.45) is 0.102. The minimum Gasteiger partial charge on any atom is -0.481 e. The van der Waals surface area contributed by atoms with Gasteiger partial charge < -0.3 is 15.6 Å². The smallest absolute Gasteiger partial charge is 0.303 e. The largest absolute Gasteiger partial charge is 0.481 e. The number of rotatable bonds is 3. The maximum atomic E-state index is 10.1. The molecule has 12 heavy (non-hydrogen) atoms. The first-order valence-electron chi connectivity index (χ1n) is 3.48. The Morgan fingerprint density at radius 3 is 1.75 bits per heavy atom. The van der Waals surface area contributed by atoms with Gasteiger partial charge in [0.25, 0.3) is 0 Å². The van der Waals surface area contributed by atoms with E-state index in [1.165, 1.54) is 6.92 Å². The van der Waals surface area contributed by atoms with Crippen molar-refractivity contribution in [2.24, 2.45) is 5.73 Å². The molecule has 0 aromatic rings. The van der Waals surface area contributed by atoms with Crippen LogP contribution in [0.5, 0.6) is 0 Å². The van der Waals surface area contributed by atoms with Crippen LogP contribution in [0.3, 0.4) is 0 Å². The highest BCUT2D eigenvalue weighted by atomic mass is 16.4. The van der Waals surface area contributed by atoms with Gasteiger partial charge >= 0.3 is 5.97 Å². The fourth-order valence-corrected chi connectivity index (χ4v) is 0.283. The van der Waals surface area contributed by atoms with Gasteiger partial charge in [0.05, 0.1) is 6.42 Å². The highest BCUT2D eigenvalue weighted by molar-refractivity contribution is 5.80. The molecule has 0 aromatic carbocycles. The van der Waals surface area contributed by atoms with Crippen molar-refractivity contribution >= 4 is 11.8 Å². The standard InChI is InChI=1S/C5H8O3.C3H7N/c1-4(6)2-3-5(7)8;1-3(2)4/h2-3H2,1H3,(H,7,8);1,4H2,2H3. The van der Waals surface area contributed by atoms with Gasteiger partial charge in [0.2, 0.25) is 0 Å². The maximum Gasteiger partial charge on any atom is 0.303 e. The van der Waals surface area contributed by atoms with Crippen LogP contribution in [0, 0.1) is 0 Å². The number of aliphatic carboxylic acids is 1. The Hall–Kier alpha value is -1.32. The Balaban J connectivity index is 0. The average molecular weight is 173 g/mol. The van der Waals surface area contributed by atoms with Gasteiger partial charge in [-0.25, -0.2) is 0 Å². The third-order valence-electron chi connectivity index (χ3n) is 0.691. The Labute approximate surface area is 72.1 Å². The number of Topliss-reactive ketones (excluding diaryl/α,β-unsaturated/α-hetero) is 1. The fourth-order valence-electron chi connectivity index (χ4n) is 0.283. The van der Waals surface area contributed by atoms with E-state index < -0.39 is 5.97 Å². The first-order valence-corrected chi connectivity index (χ1v) is 3.48. The molecule has 4 heteroatoms. The summed E-state index contributed by atoms with van der Waals surface area (Å²) in [7, 11) is 0. The number of nitrogens with two attached hydrogens (primary N) is 1. The number of carbonyl (C=O) groups excluding carboxylic acids is 1. The molecule has 0 saturated carbocycles. The van der Waals surface area contributed by atoms with Crippen molar-refractivity contribution in [2.45, 2.75) is 26.7 Å². The number of allylic oxidation sites excluding steroid dienone is 1. The van der Waals surface area contributed by atoms with E-state index in [1.807, 2.05) is 0 Å². The lowest BCUT2D eigenvalue weighted by atomic mass is 10.2. The van der Waals surface area contributed by atoms with E-state index in [-0.39, 0.29) is 18.6 Å². The van der Waals surface area contributed by atoms with Crippen LogP contribution in [-0.2, 0) is 9.59 Å². The van der Waals surface area contributed by atoms with E-state index in [4.69, 9.17) is 10.8 Å². The summed E-state index contributed by atoms with van der Waals surface area (Å²) in [5.41, 5.74) is 5.58. The van der Waals surface area contributed by atoms with Crippen LogP contribution in [0.1, 0.15) is 26.7 Å².